The number of esters is 1. The van der Waals surface area contributed by atoms with E-state index >= 15 is 0 Å². The number of carbonyl (C=O) groups is 1. The van der Waals surface area contributed by atoms with E-state index < -0.39 is 12.0 Å². The second kappa shape index (κ2) is 7.95. The fourth-order valence-corrected chi connectivity index (χ4v) is 4.00. The number of benzene rings is 2. The predicted molar refractivity (Wildman–Crippen MR) is 114 cm³/mol. The molecule has 0 saturated heterocycles. The van der Waals surface area contributed by atoms with Crippen molar-refractivity contribution in [3.8, 4) is 11.5 Å². The van der Waals surface area contributed by atoms with Crippen LogP contribution in [0.2, 0.25) is 0 Å². The molecule has 0 fully saturated rings. The number of aryl methyl sites for hydroxylation is 1. The molecule has 2 aliphatic rings. The molecule has 1 unspecified atom stereocenters. The van der Waals surface area contributed by atoms with Gasteiger partial charge in [0.05, 0.1) is 24.4 Å². The maximum absolute atomic E-state index is 14.2. The van der Waals surface area contributed by atoms with Gasteiger partial charge >= 0.3 is 5.97 Å². The number of nitrogens with one attached hydrogen (secondary N) is 1. The Bertz CT molecular complexity index is 1070. The summed E-state index contributed by atoms with van der Waals surface area (Å²) < 4.78 is 30.5. The minimum atomic E-state index is -0.549. The Hall–Kier alpha value is -3.13. The molecule has 2 heterocycles. The monoisotopic (exact) mass is 428 g/mol. The van der Waals surface area contributed by atoms with Gasteiger partial charge < -0.3 is 19.5 Å². The lowest BCUT2D eigenvalue weighted by molar-refractivity contribution is -0.136. The van der Waals surface area contributed by atoms with Crippen LogP contribution in [0.25, 0.3) is 0 Å². The van der Waals surface area contributed by atoms with Gasteiger partial charge in [0.15, 0.2) is 16.6 Å². The zero-order valence-corrected chi connectivity index (χ0v) is 17.6. The first kappa shape index (κ1) is 20.2. The second-order valence-corrected chi connectivity index (χ2v) is 7.43. The molecule has 156 valence electrons. The molecule has 1 atom stereocenters. The zero-order valence-electron chi connectivity index (χ0n) is 16.8. The maximum Gasteiger partial charge on any atom is 0.337 e. The fourth-order valence-electron chi connectivity index (χ4n) is 3.64. The van der Waals surface area contributed by atoms with E-state index in [1.165, 1.54) is 13.2 Å². The molecule has 2 aromatic rings. The van der Waals surface area contributed by atoms with Gasteiger partial charge in [-0.1, -0.05) is 12.1 Å². The number of nitrogens with zero attached hydrogens (tertiary/aromatic N) is 1. The summed E-state index contributed by atoms with van der Waals surface area (Å²) >= 11 is 5.59. The SMILES string of the molecule is COC(=O)C1=C(C)N(c2ccc(C)c(F)c2)C(=S)NC1c1ccc2c(c1)OCCO2. The number of carbonyl (C=O) groups excluding carboxylic acids is 1. The lowest BCUT2D eigenvalue weighted by atomic mass is 9.94. The summed E-state index contributed by atoms with van der Waals surface area (Å²) in [6.07, 6.45) is 0. The van der Waals surface area contributed by atoms with Crippen molar-refractivity contribution >= 4 is 29.0 Å². The summed E-state index contributed by atoms with van der Waals surface area (Å²) in [4.78, 5) is 14.4. The number of methoxy groups -OCH3 is 1. The number of thiocarbonyl (C=S) groups is 1. The maximum atomic E-state index is 14.2. The summed E-state index contributed by atoms with van der Waals surface area (Å²) in [5.74, 6) is 0.411. The average molecular weight is 428 g/mol. The molecule has 0 aliphatic carbocycles. The molecule has 30 heavy (non-hydrogen) atoms. The average Bonchev–Trinajstić information content (AvgIpc) is 2.75. The molecule has 0 radical (unpaired) electrons. The minimum absolute atomic E-state index is 0.350. The van der Waals surface area contributed by atoms with Crippen molar-refractivity contribution in [2.45, 2.75) is 19.9 Å². The van der Waals surface area contributed by atoms with Gasteiger partial charge in [0.1, 0.15) is 19.0 Å². The van der Waals surface area contributed by atoms with Crippen molar-refractivity contribution < 1.29 is 23.4 Å². The molecule has 1 N–H and O–H groups in total. The molecule has 0 spiro atoms. The van der Waals surface area contributed by atoms with Crippen LogP contribution in [0.3, 0.4) is 0 Å². The molecule has 6 nitrogen and oxygen atoms in total. The van der Waals surface area contributed by atoms with Crippen molar-refractivity contribution in [1.82, 2.24) is 5.32 Å². The third-order valence-electron chi connectivity index (χ3n) is 5.20. The minimum Gasteiger partial charge on any atom is -0.486 e. The Morgan fingerprint density at radius 3 is 2.60 bits per heavy atom. The number of fused-ring (bicyclic) bond motifs is 1. The van der Waals surface area contributed by atoms with Crippen LogP contribution in [0.4, 0.5) is 10.1 Å². The molecule has 0 aromatic heterocycles. The van der Waals surface area contributed by atoms with E-state index in [1.807, 2.05) is 12.1 Å². The predicted octanol–water partition coefficient (Wildman–Crippen LogP) is 3.79. The molecule has 4 rings (SSSR count). The third kappa shape index (κ3) is 3.47. The molecule has 0 bridgehead atoms. The number of hydrogen-bond donors (Lipinski definition) is 1. The van der Waals surface area contributed by atoms with E-state index in [2.05, 4.69) is 5.32 Å². The van der Waals surface area contributed by atoms with Crippen LogP contribution >= 0.6 is 12.2 Å². The van der Waals surface area contributed by atoms with E-state index in [4.69, 9.17) is 26.4 Å². The van der Waals surface area contributed by atoms with E-state index in [0.29, 0.717) is 52.3 Å². The van der Waals surface area contributed by atoms with Gasteiger partial charge in [-0.05, 0) is 61.5 Å². The van der Waals surface area contributed by atoms with Crippen LogP contribution in [-0.2, 0) is 9.53 Å². The van der Waals surface area contributed by atoms with Crippen LogP contribution in [0.1, 0.15) is 24.1 Å². The topological polar surface area (TPSA) is 60.0 Å². The Labute approximate surface area is 179 Å². The highest BCUT2D eigenvalue weighted by molar-refractivity contribution is 7.80. The van der Waals surface area contributed by atoms with E-state index in [9.17, 15) is 9.18 Å². The van der Waals surface area contributed by atoms with Crippen molar-refractivity contribution in [3.05, 3.63) is 64.6 Å². The number of ether oxygens (including phenoxy) is 3. The van der Waals surface area contributed by atoms with E-state index in [0.717, 1.165) is 5.56 Å². The standard InChI is InChI=1S/C22H21FN2O4S/c1-12-4-6-15(11-16(12)23)25-13(2)19(21(26)27-3)20(24-22(25)30)14-5-7-17-18(10-14)29-9-8-28-17/h4-7,10-11,20H,8-9H2,1-3H3,(H,24,30). The van der Waals surface area contributed by atoms with Gasteiger partial charge in [0.25, 0.3) is 0 Å². The van der Waals surface area contributed by atoms with Crippen molar-refractivity contribution in [3.63, 3.8) is 0 Å². The largest absolute Gasteiger partial charge is 0.486 e. The molecular formula is C22H21FN2O4S. The normalized spacial score (nSPS) is 18.2. The van der Waals surface area contributed by atoms with E-state index in [1.54, 1.807) is 36.9 Å². The van der Waals surface area contributed by atoms with Crippen LogP contribution in [0, 0.1) is 12.7 Å². The fraction of sp³-hybridized carbons (Fsp3) is 0.273. The highest BCUT2D eigenvalue weighted by Gasteiger charge is 2.36. The number of hydrogen-bond acceptors (Lipinski definition) is 5. The van der Waals surface area contributed by atoms with Crippen molar-refractivity contribution in [1.29, 1.82) is 0 Å². The van der Waals surface area contributed by atoms with Gasteiger partial charge in [-0.15, -0.1) is 0 Å². The van der Waals surface area contributed by atoms with Gasteiger partial charge in [0, 0.05) is 5.70 Å². The number of anilines is 1. The van der Waals surface area contributed by atoms with Crippen LogP contribution < -0.4 is 19.7 Å². The lowest BCUT2D eigenvalue weighted by Crippen LogP contribution is -2.48. The molecular weight excluding hydrogens is 407 g/mol. The second-order valence-electron chi connectivity index (χ2n) is 7.05. The van der Waals surface area contributed by atoms with Crippen LogP contribution in [-0.4, -0.2) is 31.4 Å². The third-order valence-corrected chi connectivity index (χ3v) is 5.50. The van der Waals surface area contributed by atoms with E-state index in [-0.39, 0.29) is 5.82 Å². The molecule has 2 aliphatic heterocycles. The molecule has 2 aromatic carbocycles. The number of rotatable bonds is 3. The van der Waals surface area contributed by atoms with Crippen LogP contribution in [0.5, 0.6) is 11.5 Å². The van der Waals surface area contributed by atoms with Gasteiger partial charge in [-0.2, -0.15) is 0 Å². The van der Waals surface area contributed by atoms with Gasteiger partial charge in [0.2, 0.25) is 0 Å². The molecule has 0 saturated carbocycles. The first-order valence-electron chi connectivity index (χ1n) is 9.46. The Morgan fingerprint density at radius 2 is 1.90 bits per heavy atom. The van der Waals surface area contributed by atoms with Crippen molar-refractivity contribution in [2.24, 2.45) is 0 Å². The number of halogens is 1. The summed E-state index contributed by atoms with van der Waals surface area (Å²) in [7, 11) is 1.33. The van der Waals surface area contributed by atoms with Gasteiger partial charge in [-0.3, -0.25) is 4.90 Å². The summed E-state index contributed by atoms with van der Waals surface area (Å²) in [6, 6.07) is 9.76. The first-order chi connectivity index (χ1) is 14.4. The highest BCUT2D eigenvalue weighted by Crippen LogP contribution is 2.38. The Kier molecular flexibility index (Phi) is 5.34. The lowest BCUT2D eigenvalue weighted by Gasteiger charge is -2.37. The summed E-state index contributed by atoms with van der Waals surface area (Å²) in [5.41, 5.74) is 2.77. The quantitative estimate of drug-likeness (QED) is 0.590. The highest BCUT2D eigenvalue weighted by atomic mass is 32.1. The zero-order chi connectivity index (χ0) is 21.4. The Balaban J connectivity index is 1.81. The van der Waals surface area contributed by atoms with Crippen molar-refractivity contribution in [2.75, 3.05) is 25.2 Å². The molecule has 0 amide bonds. The van der Waals surface area contributed by atoms with Crippen LogP contribution in [0.15, 0.2) is 47.7 Å². The summed E-state index contributed by atoms with van der Waals surface area (Å²) in [6.45, 7) is 4.40. The smallest absolute Gasteiger partial charge is 0.337 e. The molecule has 8 heteroatoms. The summed E-state index contributed by atoms with van der Waals surface area (Å²) in [5, 5.41) is 3.55. The van der Waals surface area contributed by atoms with Gasteiger partial charge in [-0.25, -0.2) is 9.18 Å². The Morgan fingerprint density at radius 1 is 1.17 bits per heavy atom. The first-order valence-corrected chi connectivity index (χ1v) is 9.87. The number of allylic oxidation sites excluding steroid dienone is 1.